The van der Waals surface area contributed by atoms with Crippen LogP contribution in [0.2, 0.25) is 0 Å². The van der Waals surface area contributed by atoms with Crippen molar-refractivity contribution in [3.63, 3.8) is 0 Å². The first-order valence-electron chi connectivity index (χ1n) is 13.6. The summed E-state index contributed by atoms with van der Waals surface area (Å²) in [5, 5.41) is 0. The lowest BCUT2D eigenvalue weighted by Gasteiger charge is -2.24. The van der Waals surface area contributed by atoms with Crippen LogP contribution in [0, 0.1) is 0 Å². The predicted molar refractivity (Wildman–Crippen MR) is 149 cm³/mol. The number of hydrogen-bond donors (Lipinski definition) is 0. The van der Waals surface area contributed by atoms with Crippen LogP contribution in [-0.4, -0.2) is 30.1 Å². The van der Waals surface area contributed by atoms with E-state index in [1.165, 1.54) is 59.9 Å². The second-order valence-electron chi connectivity index (χ2n) is 9.47. The lowest BCUT2D eigenvalue weighted by atomic mass is 9.94. The smallest absolute Gasteiger partial charge is 0.127 e. The largest absolute Gasteiger partial charge is 0.496 e. The zero-order chi connectivity index (χ0) is 24.9. The molecule has 3 rings (SSSR count). The molecule has 0 saturated carbocycles. The van der Waals surface area contributed by atoms with Gasteiger partial charge in [0.2, 0.25) is 0 Å². The number of nitrogens with zero attached hydrogens (tertiary/aromatic N) is 2. The molecule has 3 nitrogen and oxygen atoms in total. The number of ether oxygens (including phenoxy) is 1. The minimum Gasteiger partial charge on any atom is -0.496 e. The Morgan fingerprint density at radius 3 is 2.14 bits per heavy atom. The Balaban J connectivity index is 1.79. The van der Waals surface area contributed by atoms with E-state index in [4.69, 9.17) is 9.72 Å². The third-order valence-electron chi connectivity index (χ3n) is 6.95. The van der Waals surface area contributed by atoms with Gasteiger partial charge in [0.15, 0.2) is 0 Å². The molecule has 0 amide bonds. The Labute approximate surface area is 213 Å². The molecule has 0 unspecified atom stereocenters. The van der Waals surface area contributed by atoms with Crippen molar-refractivity contribution in [1.82, 2.24) is 9.88 Å². The summed E-state index contributed by atoms with van der Waals surface area (Å²) < 4.78 is 5.91. The Bertz CT molecular complexity index is 993. The maximum atomic E-state index is 5.91. The summed E-state index contributed by atoms with van der Waals surface area (Å²) in [6.07, 6.45) is 11.6. The van der Waals surface area contributed by atoms with Gasteiger partial charge in [-0.3, -0.25) is 9.88 Å². The fourth-order valence-electron chi connectivity index (χ4n) is 4.86. The van der Waals surface area contributed by atoms with Crippen molar-refractivity contribution in [3.8, 4) is 17.0 Å². The summed E-state index contributed by atoms with van der Waals surface area (Å²) in [4.78, 5) is 7.54. The van der Waals surface area contributed by atoms with Crippen LogP contribution in [0.4, 0.5) is 0 Å². The number of benzene rings is 2. The van der Waals surface area contributed by atoms with Crippen LogP contribution in [0.1, 0.15) is 75.1 Å². The zero-order valence-corrected chi connectivity index (χ0v) is 22.4. The maximum Gasteiger partial charge on any atom is 0.127 e. The van der Waals surface area contributed by atoms with Crippen LogP contribution in [0.3, 0.4) is 0 Å². The first kappa shape index (κ1) is 26.9. The van der Waals surface area contributed by atoms with Crippen LogP contribution in [0.25, 0.3) is 11.3 Å². The fourth-order valence-corrected chi connectivity index (χ4v) is 4.86. The quantitative estimate of drug-likeness (QED) is 0.210. The monoisotopic (exact) mass is 472 g/mol. The highest BCUT2D eigenvalue weighted by atomic mass is 16.5. The van der Waals surface area contributed by atoms with Crippen molar-refractivity contribution in [2.75, 3.05) is 20.2 Å². The van der Waals surface area contributed by atoms with Crippen LogP contribution in [0.15, 0.2) is 60.8 Å². The topological polar surface area (TPSA) is 25.4 Å². The zero-order valence-electron chi connectivity index (χ0n) is 22.4. The van der Waals surface area contributed by atoms with Gasteiger partial charge in [-0.25, -0.2) is 0 Å². The van der Waals surface area contributed by atoms with Gasteiger partial charge in [0, 0.05) is 36.5 Å². The number of unbranched alkanes of at least 4 members (excludes halogenated alkanes) is 4. The van der Waals surface area contributed by atoms with E-state index in [0.29, 0.717) is 0 Å². The molecule has 0 saturated heterocycles. The highest BCUT2D eigenvalue weighted by Crippen LogP contribution is 2.31. The Kier molecular flexibility index (Phi) is 11.3. The van der Waals surface area contributed by atoms with Gasteiger partial charge in [0.1, 0.15) is 5.75 Å². The number of hydrogen-bond acceptors (Lipinski definition) is 3. The molecule has 1 aromatic heterocycles. The van der Waals surface area contributed by atoms with E-state index < -0.39 is 0 Å². The van der Waals surface area contributed by atoms with E-state index in [0.717, 1.165) is 50.3 Å². The van der Waals surface area contributed by atoms with E-state index in [1.54, 1.807) is 7.11 Å². The Morgan fingerprint density at radius 2 is 1.49 bits per heavy atom. The van der Waals surface area contributed by atoms with Gasteiger partial charge in [0.05, 0.1) is 12.8 Å². The molecular formula is C32H44N2O. The fraction of sp³-hybridized carbons (Fsp3) is 0.469. The molecule has 0 radical (unpaired) electrons. The summed E-state index contributed by atoms with van der Waals surface area (Å²) in [7, 11) is 1.79. The summed E-state index contributed by atoms with van der Waals surface area (Å²) in [5.74, 6) is 0.943. The Morgan fingerprint density at radius 1 is 0.771 bits per heavy atom. The lowest BCUT2D eigenvalue weighted by molar-refractivity contribution is 0.257. The van der Waals surface area contributed by atoms with Gasteiger partial charge in [-0.15, -0.1) is 0 Å². The van der Waals surface area contributed by atoms with Gasteiger partial charge in [0.25, 0.3) is 0 Å². The third-order valence-corrected chi connectivity index (χ3v) is 6.95. The summed E-state index contributed by atoms with van der Waals surface area (Å²) >= 11 is 0. The van der Waals surface area contributed by atoms with Crippen molar-refractivity contribution in [2.24, 2.45) is 0 Å². The second-order valence-corrected chi connectivity index (χ2v) is 9.47. The molecule has 0 fully saturated rings. The van der Waals surface area contributed by atoms with E-state index >= 15 is 0 Å². The molecule has 0 aliphatic heterocycles. The molecule has 1 heterocycles. The summed E-state index contributed by atoms with van der Waals surface area (Å²) in [5.41, 5.74) is 7.57. The van der Waals surface area contributed by atoms with Crippen LogP contribution in [-0.2, 0) is 25.8 Å². The van der Waals surface area contributed by atoms with E-state index in [-0.39, 0.29) is 0 Å². The van der Waals surface area contributed by atoms with Crippen LogP contribution >= 0.6 is 0 Å². The number of aryl methyl sites for hydroxylation is 2. The number of methoxy groups -OCH3 is 1. The standard InChI is InChI=1S/C32H44N2O/c1-5-8-9-10-14-21-34(22-20-26-16-12-11-13-17-26)25-29-24-33-30(23-31(29)35-4)32-27(6-2)18-15-19-28(32)7-3/h11-13,15-19,23-24H,5-10,14,20-22,25H2,1-4H3. The average molecular weight is 473 g/mol. The highest BCUT2D eigenvalue weighted by Gasteiger charge is 2.15. The average Bonchev–Trinajstić information content (AvgIpc) is 2.91. The van der Waals surface area contributed by atoms with Gasteiger partial charge in [-0.05, 0) is 48.9 Å². The maximum absolute atomic E-state index is 5.91. The van der Waals surface area contributed by atoms with Crippen molar-refractivity contribution < 1.29 is 4.74 Å². The second kappa shape index (κ2) is 14.7. The molecule has 0 aliphatic carbocycles. The van der Waals surface area contributed by atoms with Gasteiger partial charge >= 0.3 is 0 Å². The number of pyridine rings is 1. The molecule has 2 aromatic carbocycles. The van der Waals surface area contributed by atoms with Gasteiger partial charge < -0.3 is 4.74 Å². The molecule has 3 heteroatoms. The molecule has 0 bridgehead atoms. The minimum absolute atomic E-state index is 0.868. The first-order chi connectivity index (χ1) is 17.2. The van der Waals surface area contributed by atoms with Crippen molar-refractivity contribution >= 4 is 0 Å². The normalized spacial score (nSPS) is 11.2. The summed E-state index contributed by atoms with van der Waals surface area (Å²) in [6, 6.07) is 19.6. The molecule has 0 aliphatic rings. The van der Waals surface area contributed by atoms with Crippen LogP contribution < -0.4 is 4.74 Å². The molecule has 35 heavy (non-hydrogen) atoms. The van der Waals surface area contributed by atoms with Gasteiger partial charge in [-0.1, -0.05) is 95.0 Å². The first-order valence-corrected chi connectivity index (χ1v) is 13.6. The Hall–Kier alpha value is -2.65. The van der Waals surface area contributed by atoms with E-state index in [2.05, 4.69) is 80.3 Å². The molecular weight excluding hydrogens is 428 g/mol. The van der Waals surface area contributed by atoms with Gasteiger partial charge in [-0.2, -0.15) is 0 Å². The van der Waals surface area contributed by atoms with E-state index in [1.807, 2.05) is 6.20 Å². The predicted octanol–water partition coefficient (Wildman–Crippen LogP) is 7.90. The third kappa shape index (κ3) is 7.93. The lowest BCUT2D eigenvalue weighted by Crippen LogP contribution is -2.27. The summed E-state index contributed by atoms with van der Waals surface area (Å²) in [6.45, 7) is 9.73. The minimum atomic E-state index is 0.868. The van der Waals surface area contributed by atoms with Crippen molar-refractivity contribution in [1.29, 1.82) is 0 Å². The molecule has 0 N–H and O–H groups in total. The highest BCUT2D eigenvalue weighted by molar-refractivity contribution is 5.69. The SMILES string of the molecule is CCCCCCCN(CCc1ccccc1)Cc1cnc(-c2c(CC)cccc2CC)cc1OC. The number of rotatable bonds is 15. The van der Waals surface area contributed by atoms with E-state index in [9.17, 15) is 0 Å². The molecule has 188 valence electrons. The van der Waals surface area contributed by atoms with Crippen molar-refractivity contribution in [2.45, 2.75) is 78.7 Å². The van der Waals surface area contributed by atoms with Crippen molar-refractivity contribution in [3.05, 3.63) is 83.0 Å². The molecule has 0 spiro atoms. The molecule has 0 atom stereocenters. The number of aromatic nitrogens is 1. The van der Waals surface area contributed by atoms with Crippen LogP contribution in [0.5, 0.6) is 5.75 Å². The molecule has 3 aromatic rings.